The summed E-state index contributed by atoms with van der Waals surface area (Å²) in [6.45, 7) is 4.75. The van der Waals surface area contributed by atoms with Crippen LogP contribution in [0.15, 0.2) is 36.4 Å². The molecule has 1 N–H and O–H groups in total. The number of rotatable bonds is 9. The highest BCUT2D eigenvalue weighted by Gasteiger charge is 2.14. The Kier molecular flexibility index (Phi) is 7.93. The molecule has 5 nitrogen and oxygen atoms in total. The van der Waals surface area contributed by atoms with E-state index in [-0.39, 0.29) is 5.91 Å². The summed E-state index contributed by atoms with van der Waals surface area (Å²) >= 11 is 0. The second kappa shape index (κ2) is 10.4. The van der Waals surface area contributed by atoms with Crippen molar-refractivity contribution in [1.29, 1.82) is 0 Å². The van der Waals surface area contributed by atoms with Crippen molar-refractivity contribution >= 4 is 12.0 Å². The molecule has 0 unspecified atom stereocenters. The summed E-state index contributed by atoms with van der Waals surface area (Å²) in [5.74, 6) is 1.43. The first-order valence-corrected chi connectivity index (χ1v) is 9.43. The Bertz CT molecular complexity index is 843. The SMILES string of the molecule is CCc1ccc(CC)c(CNC(=O)/C=C/c2ccc(OC)c(OC)c2OC)c1. The molecular formula is C23H29NO4. The van der Waals surface area contributed by atoms with Crippen molar-refractivity contribution in [2.24, 2.45) is 0 Å². The molecule has 0 aliphatic rings. The van der Waals surface area contributed by atoms with Gasteiger partial charge in [-0.25, -0.2) is 0 Å². The molecule has 0 saturated heterocycles. The summed E-state index contributed by atoms with van der Waals surface area (Å²) < 4.78 is 16.1. The summed E-state index contributed by atoms with van der Waals surface area (Å²) in [7, 11) is 4.68. The third-order valence-electron chi connectivity index (χ3n) is 4.66. The van der Waals surface area contributed by atoms with Crippen molar-refractivity contribution in [3.8, 4) is 17.2 Å². The number of amides is 1. The Morgan fingerprint density at radius 1 is 0.929 bits per heavy atom. The van der Waals surface area contributed by atoms with Crippen LogP contribution in [0.3, 0.4) is 0 Å². The van der Waals surface area contributed by atoms with E-state index in [2.05, 4.69) is 37.4 Å². The van der Waals surface area contributed by atoms with E-state index in [0.717, 1.165) is 24.0 Å². The summed E-state index contributed by atoms with van der Waals surface area (Å²) in [4.78, 5) is 12.3. The van der Waals surface area contributed by atoms with E-state index in [9.17, 15) is 4.79 Å². The fourth-order valence-corrected chi connectivity index (χ4v) is 3.07. The topological polar surface area (TPSA) is 56.8 Å². The van der Waals surface area contributed by atoms with Gasteiger partial charge >= 0.3 is 0 Å². The van der Waals surface area contributed by atoms with E-state index in [1.54, 1.807) is 33.5 Å². The molecule has 0 heterocycles. The standard InChI is InChI=1S/C23H29NO4/c1-6-16-8-9-17(7-2)19(14-16)15-24-21(25)13-11-18-10-12-20(26-3)23(28-5)22(18)27-4/h8-14H,6-7,15H2,1-5H3,(H,24,25)/b13-11+. The van der Waals surface area contributed by atoms with E-state index in [1.165, 1.54) is 17.2 Å². The molecule has 0 atom stereocenters. The molecule has 0 saturated carbocycles. The van der Waals surface area contributed by atoms with Crippen LogP contribution in [0.5, 0.6) is 17.2 Å². The Balaban J connectivity index is 2.13. The van der Waals surface area contributed by atoms with Gasteiger partial charge in [-0.1, -0.05) is 32.0 Å². The summed E-state index contributed by atoms with van der Waals surface area (Å²) in [5, 5.41) is 2.96. The van der Waals surface area contributed by atoms with Crippen LogP contribution in [0.1, 0.15) is 36.1 Å². The fraction of sp³-hybridized carbons (Fsp3) is 0.348. The molecule has 0 fully saturated rings. The Hall–Kier alpha value is -2.95. The number of carbonyl (C=O) groups is 1. The van der Waals surface area contributed by atoms with E-state index in [1.807, 2.05) is 6.07 Å². The van der Waals surface area contributed by atoms with Crippen molar-refractivity contribution in [3.63, 3.8) is 0 Å². The van der Waals surface area contributed by atoms with Crippen molar-refractivity contribution in [2.75, 3.05) is 21.3 Å². The number of ether oxygens (including phenoxy) is 3. The number of nitrogens with one attached hydrogen (secondary N) is 1. The maximum absolute atomic E-state index is 12.3. The number of hydrogen-bond acceptors (Lipinski definition) is 4. The highest BCUT2D eigenvalue weighted by molar-refractivity contribution is 5.92. The normalized spacial score (nSPS) is 10.8. The number of methoxy groups -OCH3 is 3. The number of benzene rings is 2. The highest BCUT2D eigenvalue weighted by Crippen LogP contribution is 2.40. The lowest BCUT2D eigenvalue weighted by atomic mass is 10.0. The lowest BCUT2D eigenvalue weighted by molar-refractivity contribution is -0.116. The van der Waals surface area contributed by atoms with Gasteiger partial charge in [0.05, 0.1) is 21.3 Å². The van der Waals surface area contributed by atoms with Gasteiger partial charge in [-0.2, -0.15) is 0 Å². The van der Waals surface area contributed by atoms with Gasteiger partial charge in [-0.15, -0.1) is 0 Å². The second-order valence-corrected chi connectivity index (χ2v) is 6.28. The highest BCUT2D eigenvalue weighted by atomic mass is 16.5. The Morgan fingerprint density at radius 2 is 1.68 bits per heavy atom. The molecular weight excluding hydrogens is 354 g/mol. The van der Waals surface area contributed by atoms with Gasteiger partial charge in [0, 0.05) is 18.2 Å². The van der Waals surface area contributed by atoms with Crippen molar-refractivity contribution < 1.29 is 19.0 Å². The van der Waals surface area contributed by atoms with Crippen LogP contribution in [0.4, 0.5) is 0 Å². The van der Waals surface area contributed by atoms with Crippen LogP contribution < -0.4 is 19.5 Å². The molecule has 0 aliphatic heterocycles. The minimum Gasteiger partial charge on any atom is -0.493 e. The predicted octanol–water partition coefficient (Wildman–Crippen LogP) is 4.17. The van der Waals surface area contributed by atoms with Crippen molar-refractivity contribution in [2.45, 2.75) is 33.2 Å². The largest absolute Gasteiger partial charge is 0.493 e. The molecule has 28 heavy (non-hydrogen) atoms. The fourth-order valence-electron chi connectivity index (χ4n) is 3.07. The van der Waals surface area contributed by atoms with Gasteiger partial charge in [-0.3, -0.25) is 4.79 Å². The average Bonchev–Trinajstić information content (AvgIpc) is 2.74. The molecule has 5 heteroatoms. The van der Waals surface area contributed by atoms with Crippen LogP contribution >= 0.6 is 0 Å². The number of hydrogen-bond donors (Lipinski definition) is 1. The third kappa shape index (κ3) is 5.06. The van der Waals surface area contributed by atoms with Crippen LogP contribution in [0.25, 0.3) is 6.08 Å². The minimum atomic E-state index is -0.166. The van der Waals surface area contributed by atoms with Gasteiger partial charge < -0.3 is 19.5 Å². The van der Waals surface area contributed by atoms with Crippen LogP contribution in [-0.4, -0.2) is 27.2 Å². The molecule has 1 amide bonds. The van der Waals surface area contributed by atoms with Crippen LogP contribution in [0.2, 0.25) is 0 Å². The third-order valence-corrected chi connectivity index (χ3v) is 4.66. The molecule has 150 valence electrons. The first kappa shape index (κ1) is 21.4. The molecule has 0 bridgehead atoms. The molecule has 2 aromatic rings. The summed E-state index contributed by atoms with van der Waals surface area (Å²) in [6, 6.07) is 10.1. The maximum atomic E-state index is 12.3. The summed E-state index contributed by atoms with van der Waals surface area (Å²) in [5.41, 5.74) is 4.42. The van der Waals surface area contributed by atoms with Gasteiger partial charge in [0.1, 0.15) is 0 Å². The maximum Gasteiger partial charge on any atom is 0.244 e. The molecule has 0 aliphatic carbocycles. The smallest absolute Gasteiger partial charge is 0.244 e. The van der Waals surface area contributed by atoms with Gasteiger partial charge in [0.2, 0.25) is 11.7 Å². The predicted molar refractivity (Wildman–Crippen MR) is 112 cm³/mol. The van der Waals surface area contributed by atoms with Crippen molar-refractivity contribution in [1.82, 2.24) is 5.32 Å². The van der Waals surface area contributed by atoms with E-state index < -0.39 is 0 Å². The molecule has 2 aromatic carbocycles. The Labute approximate surface area is 167 Å². The average molecular weight is 383 g/mol. The van der Waals surface area contributed by atoms with Gasteiger partial charge in [-0.05, 0) is 47.7 Å². The molecule has 0 radical (unpaired) electrons. The van der Waals surface area contributed by atoms with E-state index in [0.29, 0.717) is 23.8 Å². The zero-order valence-corrected chi connectivity index (χ0v) is 17.3. The lowest BCUT2D eigenvalue weighted by Crippen LogP contribution is -2.21. The first-order chi connectivity index (χ1) is 13.6. The summed E-state index contributed by atoms with van der Waals surface area (Å²) in [6.07, 6.45) is 5.12. The minimum absolute atomic E-state index is 0.166. The monoisotopic (exact) mass is 383 g/mol. The molecule has 0 spiro atoms. The van der Waals surface area contributed by atoms with Crippen molar-refractivity contribution in [3.05, 3.63) is 58.7 Å². The number of aryl methyl sites for hydroxylation is 2. The Morgan fingerprint density at radius 3 is 2.29 bits per heavy atom. The zero-order chi connectivity index (χ0) is 20.5. The number of carbonyl (C=O) groups excluding carboxylic acids is 1. The lowest BCUT2D eigenvalue weighted by Gasteiger charge is -2.14. The van der Waals surface area contributed by atoms with E-state index >= 15 is 0 Å². The van der Waals surface area contributed by atoms with Crippen LogP contribution in [-0.2, 0) is 24.2 Å². The second-order valence-electron chi connectivity index (χ2n) is 6.28. The van der Waals surface area contributed by atoms with Gasteiger partial charge in [0.15, 0.2) is 11.5 Å². The first-order valence-electron chi connectivity index (χ1n) is 9.43. The van der Waals surface area contributed by atoms with Gasteiger partial charge in [0.25, 0.3) is 0 Å². The quantitative estimate of drug-likeness (QED) is 0.661. The molecule has 2 rings (SSSR count). The van der Waals surface area contributed by atoms with E-state index in [4.69, 9.17) is 14.2 Å². The van der Waals surface area contributed by atoms with Crippen LogP contribution in [0, 0.1) is 0 Å². The molecule has 0 aromatic heterocycles. The zero-order valence-electron chi connectivity index (χ0n) is 17.3.